The lowest BCUT2D eigenvalue weighted by Gasteiger charge is -2.17. The first-order chi connectivity index (χ1) is 12.5. The first-order valence-electron chi connectivity index (χ1n) is 8.62. The number of nitrogens with zero attached hydrogens (tertiary/aromatic N) is 4. The van der Waals surface area contributed by atoms with Gasteiger partial charge in [0.15, 0.2) is 0 Å². The Balaban J connectivity index is 1.68. The van der Waals surface area contributed by atoms with E-state index in [1.807, 2.05) is 26.0 Å². The zero-order chi connectivity index (χ0) is 18.7. The van der Waals surface area contributed by atoms with E-state index in [9.17, 15) is 9.59 Å². The lowest BCUT2D eigenvalue weighted by molar-refractivity contribution is -0.130. The van der Waals surface area contributed by atoms with Crippen molar-refractivity contribution >= 4 is 16.8 Å². The van der Waals surface area contributed by atoms with Gasteiger partial charge < -0.3 is 9.42 Å². The minimum absolute atomic E-state index is 0.0514. The molecule has 0 fully saturated rings. The van der Waals surface area contributed by atoms with Crippen LogP contribution in [0.25, 0.3) is 10.9 Å². The van der Waals surface area contributed by atoms with Crippen LogP contribution in [-0.2, 0) is 24.3 Å². The van der Waals surface area contributed by atoms with Crippen LogP contribution in [0.1, 0.15) is 30.2 Å². The zero-order valence-electron chi connectivity index (χ0n) is 15.2. The summed E-state index contributed by atoms with van der Waals surface area (Å²) in [5, 5.41) is 4.50. The Morgan fingerprint density at radius 2 is 2.15 bits per heavy atom. The average Bonchev–Trinajstić information content (AvgIpc) is 3.08. The van der Waals surface area contributed by atoms with Gasteiger partial charge in [0.05, 0.1) is 29.5 Å². The van der Waals surface area contributed by atoms with Crippen molar-refractivity contribution in [2.24, 2.45) is 0 Å². The highest BCUT2D eigenvalue weighted by atomic mass is 16.5. The topological polar surface area (TPSA) is 81.2 Å². The molecule has 0 bridgehead atoms. The van der Waals surface area contributed by atoms with Gasteiger partial charge in [0.25, 0.3) is 5.56 Å². The molecular formula is C19H22N4O3. The summed E-state index contributed by atoms with van der Waals surface area (Å²) >= 11 is 0. The van der Waals surface area contributed by atoms with Crippen LogP contribution in [0.3, 0.4) is 0 Å². The van der Waals surface area contributed by atoms with E-state index >= 15 is 0 Å². The van der Waals surface area contributed by atoms with Gasteiger partial charge in [0, 0.05) is 25.6 Å². The summed E-state index contributed by atoms with van der Waals surface area (Å²) in [4.78, 5) is 31.0. The molecule has 0 saturated carbocycles. The molecule has 0 N–H and O–H groups in total. The van der Waals surface area contributed by atoms with E-state index in [4.69, 9.17) is 4.52 Å². The zero-order valence-corrected chi connectivity index (χ0v) is 15.2. The Morgan fingerprint density at radius 3 is 2.92 bits per heavy atom. The normalized spacial score (nSPS) is 11.0. The van der Waals surface area contributed by atoms with Crippen LogP contribution in [0.4, 0.5) is 0 Å². The van der Waals surface area contributed by atoms with Crippen molar-refractivity contribution in [1.82, 2.24) is 19.6 Å². The summed E-state index contributed by atoms with van der Waals surface area (Å²) in [5.41, 5.74) is 3.31. The average molecular weight is 354 g/mol. The van der Waals surface area contributed by atoms with E-state index in [2.05, 4.69) is 10.1 Å². The van der Waals surface area contributed by atoms with Gasteiger partial charge >= 0.3 is 0 Å². The van der Waals surface area contributed by atoms with E-state index < -0.39 is 0 Å². The van der Waals surface area contributed by atoms with Gasteiger partial charge in [0.1, 0.15) is 6.26 Å². The summed E-state index contributed by atoms with van der Waals surface area (Å²) in [5.74, 6) is -0.0514. The predicted molar refractivity (Wildman–Crippen MR) is 97.7 cm³/mol. The van der Waals surface area contributed by atoms with Crippen LogP contribution in [0.15, 0.2) is 40.1 Å². The summed E-state index contributed by atoms with van der Waals surface area (Å²) in [6.45, 7) is 4.65. The van der Waals surface area contributed by atoms with Crippen molar-refractivity contribution < 1.29 is 9.32 Å². The van der Waals surface area contributed by atoms with Gasteiger partial charge in [-0.25, -0.2) is 4.98 Å². The Labute approximate surface area is 151 Å². The van der Waals surface area contributed by atoms with Gasteiger partial charge in [-0.3, -0.25) is 14.2 Å². The van der Waals surface area contributed by atoms with Gasteiger partial charge in [0.2, 0.25) is 5.91 Å². The Kier molecular flexibility index (Phi) is 5.16. The fourth-order valence-corrected chi connectivity index (χ4v) is 2.95. The van der Waals surface area contributed by atoms with Crippen molar-refractivity contribution in [3.05, 3.63) is 58.0 Å². The third-order valence-electron chi connectivity index (χ3n) is 4.52. The lowest BCUT2D eigenvalue weighted by Crippen LogP contribution is -2.29. The third kappa shape index (κ3) is 3.51. The second kappa shape index (κ2) is 7.51. The molecule has 7 heteroatoms. The van der Waals surface area contributed by atoms with Gasteiger partial charge in [-0.1, -0.05) is 24.2 Å². The Bertz CT molecular complexity index is 990. The molecule has 0 atom stereocenters. The number of hydrogen-bond acceptors (Lipinski definition) is 5. The molecule has 0 saturated heterocycles. The smallest absolute Gasteiger partial charge is 0.261 e. The second-order valence-electron chi connectivity index (χ2n) is 6.35. The quantitative estimate of drug-likeness (QED) is 0.678. The monoisotopic (exact) mass is 354 g/mol. The molecule has 0 unspecified atom stereocenters. The lowest BCUT2D eigenvalue weighted by atomic mass is 10.1. The molecule has 3 aromatic rings. The molecule has 0 aliphatic rings. The van der Waals surface area contributed by atoms with Crippen LogP contribution < -0.4 is 5.56 Å². The number of rotatable bonds is 6. The third-order valence-corrected chi connectivity index (χ3v) is 4.52. The second-order valence-corrected chi connectivity index (χ2v) is 6.35. The summed E-state index contributed by atoms with van der Waals surface area (Å²) < 4.78 is 6.46. The molecule has 2 heterocycles. The molecule has 0 spiro atoms. The number of para-hydroxylation sites is 1. The van der Waals surface area contributed by atoms with Gasteiger partial charge in [-0.05, 0) is 25.0 Å². The summed E-state index contributed by atoms with van der Waals surface area (Å²) in [7, 11) is 1.74. The fraction of sp³-hybridized carbons (Fsp3) is 0.368. The molecule has 1 aromatic carbocycles. The number of aromatic nitrogens is 3. The molecule has 1 amide bonds. The standard InChI is InChI=1S/C19H22N4O3/c1-4-16-14(11-26-21-16)10-22(3)17(24)8-9-23-12-20-18-13(2)6-5-7-15(18)19(23)25/h5-7,11-12H,4,8-10H2,1-3H3. The van der Waals surface area contributed by atoms with E-state index in [-0.39, 0.29) is 17.9 Å². The molecule has 136 valence electrons. The molecule has 0 radical (unpaired) electrons. The Morgan fingerprint density at radius 1 is 1.35 bits per heavy atom. The highest BCUT2D eigenvalue weighted by Crippen LogP contribution is 2.12. The molecule has 26 heavy (non-hydrogen) atoms. The van der Waals surface area contributed by atoms with E-state index in [1.165, 1.54) is 10.9 Å². The predicted octanol–water partition coefficient (Wildman–Crippen LogP) is 2.30. The summed E-state index contributed by atoms with van der Waals surface area (Å²) in [6, 6.07) is 5.53. The van der Waals surface area contributed by atoms with Crippen LogP contribution in [0, 0.1) is 6.92 Å². The van der Waals surface area contributed by atoms with Crippen LogP contribution in [0.2, 0.25) is 0 Å². The van der Waals surface area contributed by atoms with Crippen molar-refractivity contribution in [2.45, 2.75) is 39.8 Å². The number of carbonyl (C=O) groups excluding carboxylic acids is 1. The van der Waals surface area contributed by atoms with Crippen molar-refractivity contribution in [3.8, 4) is 0 Å². The SMILES string of the molecule is CCc1nocc1CN(C)C(=O)CCn1cnc2c(C)cccc2c1=O. The number of fused-ring (bicyclic) bond motifs is 1. The minimum atomic E-state index is -0.124. The number of hydrogen-bond donors (Lipinski definition) is 0. The van der Waals surface area contributed by atoms with Crippen molar-refractivity contribution in [3.63, 3.8) is 0 Å². The van der Waals surface area contributed by atoms with Crippen molar-refractivity contribution in [2.75, 3.05) is 7.05 Å². The fourth-order valence-electron chi connectivity index (χ4n) is 2.95. The van der Waals surface area contributed by atoms with Crippen LogP contribution in [0.5, 0.6) is 0 Å². The summed E-state index contributed by atoms with van der Waals surface area (Å²) in [6.07, 6.45) is 4.07. The first kappa shape index (κ1) is 17.8. The van der Waals surface area contributed by atoms with Crippen LogP contribution in [-0.4, -0.2) is 32.6 Å². The number of aryl methyl sites for hydroxylation is 3. The van der Waals surface area contributed by atoms with Gasteiger partial charge in [-0.2, -0.15) is 0 Å². The molecule has 3 rings (SSSR count). The molecule has 2 aromatic heterocycles. The number of carbonyl (C=O) groups is 1. The minimum Gasteiger partial charge on any atom is -0.364 e. The maximum atomic E-state index is 12.6. The highest BCUT2D eigenvalue weighted by molar-refractivity contribution is 5.80. The van der Waals surface area contributed by atoms with Crippen molar-refractivity contribution in [1.29, 1.82) is 0 Å². The Hall–Kier alpha value is -2.96. The maximum Gasteiger partial charge on any atom is 0.261 e. The highest BCUT2D eigenvalue weighted by Gasteiger charge is 2.14. The number of benzene rings is 1. The maximum absolute atomic E-state index is 12.6. The van der Waals surface area contributed by atoms with Gasteiger partial charge in [-0.15, -0.1) is 0 Å². The first-order valence-corrected chi connectivity index (χ1v) is 8.62. The number of amides is 1. The molecule has 0 aliphatic heterocycles. The van der Waals surface area contributed by atoms with E-state index in [0.29, 0.717) is 24.0 Å². The largest absolute Gasteiger partial charge is 0.364 e. The van der Waals surface area contributed by atoms with E-state index in [1.54, 1.807) is 24.3 Å². The molecule has 7 nitrogen and oxygen atoms in total. The molecule has 0 aliphatic carbocycles. The molecular weight excluding hydrogens is 332 g/mol. The van der Waals surface area contributed by atoms with Crippen LogP contribution >= 0.6 is 0 Å². The van der Waals surface area contributed by atoms with E-state index in [0.717, 1.165) is 23.2 Å².